The Labute approximate surface area is 218 Å². The lowest BCUT2D eigenvalue weighted by Gasteiger charge is -2.19. The maximum absolute atomic E-state index is 13.8. The Morgan fingerprint density at radius 3 is 2.86 bits per heavy atom. The lowest BCUT2D eigenvalue weighted by Crippen LogP contribution is -2.26. The second-order valence-corrected chi connectivity index (χ2v) is 10.0. The van der Waals surface area contributed by atoms with Crippen LogP contribution in [0.15, 0.2) is 39.2 Å². The van der Waals surface area contributed by atoms with E-state index >= 15 is 0 Å². The van der Waals surface area contributed by atoms with Gasteiger partial charge in [-0.1, -0.05) is 31.7 Å². The summed E-state index contributed by atoms with van der Waals surface area (Å²) in [5.74, 6) is 0.0310. The SMILES string of the molecule is CC1CC=C(C(=O)NCCCCN)SC(C(C)C)=NC=NCNc2ccc(F)cc2OC(C)CCO1. The Morgan fingerprint density at radius 1 is 1.31 bits per heavy atom. The number of rotatable bonds is 6. The van der Waals surface area contributed by atoms with Crippen molar-refractivity contribution in [3.8, 4) is 5.75 Å². The molecule has 1 amide bonds. The van der Waals surface area contributed by atoms with Crippen LogP contribution in [0.3, 0.4) is 0 Å². The number of amides is 1. The molecule has 1 aromatic rings. The predicted molar refractivity (Wildman–Crippen MR) is 147 cm³/mol. The van der Waals surface area contributed by atoms with Crippen molar-refractivity contribution in [2.24, 2.45) is 21.6 Å². The molecule has 0 saturated carbocycles. The molecule has 1 aliphatic heterocycles. The third-order valence-corrected chi connectivity index (χ3v) is 6.67. The van der Waals surface area contributed by atoms with E-state index in [1.807, 2.05) is 33.8 Å². The van der Waals surface area contributed by atoms with E-state index in [0.29, 0.717) is 48.9 Å². The van der Waals surface area contributed by atoms with Crippen LogP contribution in [0, 0.1) is 11.7 Å². The number of carbonyl (C=O) groups is 1. The molecular formula is C26H40FN5O3S. The Kier molecular flexibility index (Phi) is 13.5. The highest BCUT2D eigenvalue weighted by Crippen LogP contribution is 2.27. The molecule has 2 rings (SSSR count). The van der Waals surface area contributed by atoms with Gasteiger partial charge in [-0.25, -0.2) is 9.38 Å². The molecule has 200 valence electrons. The summed E-state index contributed by atoms with van der Waals surface area (Å²) < 4.78 is 25.8. The van der Waals surface area contributed by atoms with Gasteiger partial charge in [-0.15, -0.1) is 0 Å². The monoisotopic (exact) mass is 521 g/mol. The van der Waals surface area contributed by atoms with E-state index in [2.05, 4.69) is 20.6 Å². The van der Waals surface area contributed by atoms with Gasteiger partial charge in [-0.2, -0.15) is 0 Å². The van der Waals surface area contributed by atoms with Crippen LogP contribution >= 0.6 is 11.8 Å². The van der Waals surface area contributed by atoms with Crippen LogP contribution in [-0.2, 0) is 9.53 Å². The number of nitrogens with one attached hydrogen (secondary N) is 2. The quantitative estimate of drug-likeness (QED) is 0.468. The molecule has 0 fully saturated rings. The minimum absolute atomic E-state index is 0.0934. The van der Waals surface area contributed by atoms with Gasteiger partial charge in [0.15, 0.2) is 0 Å². The van der Waals surface area contributed by atoms with Gasteiger partial charge in [0, 0.05) is 24.9 Å². The van der Waals surface area contributed by atoms with Crippen LogP contribution in [0.4, 0.5) is 10.1 Å². The summed E-state index contributed by atoms with van der Waals surface area (Å²) in [6.45, 7) is 9.83. The van der Waals surface area contributed by atoms with E-state index in [4.69, 9.17) is 15.2 Å². The average Bonchev–Trinajstić information content (AvgIpc) is 2.83. The average molecular weight is 522 g/mol. The first-order chi connectivity index (χ1) is 17.3. The van der Waals surface area contributed by atoms with E-state index in [0.717, 1.165) is 17.9 Å². The molecule has 4 N–H and O–H groups in total. The summed E-state index contributed by atoms with van der Waals surface area (Å²) in [7, 11) is 0. The molecule has 0 aromatic heterocycles. The molecule has 2 unspecified atom stereocenters. The Hall–Kier alpha value is -2.43. The van der Waals surface area contributed by atoms with Crippen molar-refractivity contribution in [3.63, 3.8) is 0 Å². The second-order valence-electron chi connectivity index (χ2n) is 8.95. The fourth-order valence-corrected chi connectivity index (χ4v) is 4.11. The predicted octanol–water partition coefficient (Wildman–Crippen LogP) is 4.72. The van der Waals surface area contributed by atoms with Crippen molar-refractivity contribution in [2.45, 2.75) is 65.6 Å². The van der Waals surface area contributed by atoms with Gasteiger partial charge in [0.1, 0.15) is 24.6 Å². The van der Waals surface area contributed by atoms with Gasteiger partial charge in [0.05, 0.1) is 34.5 Å². The molecule has 10 heteroatoms. The van der Waals surface area contributed by atoms with Gasteiger partial charge in [0.2, 0.25) is 0 Å². The number of fused-ring (bicyclic) bond motifs is 1. The Balaban J connectivity index is 2.24. The van der Waals surface area contributed by atoms with Crippen LogP contribution in [-0.4, -0.2) is 55.9 Å². The summed E-state index contributed by atoms with van der Waals surface area (Å²) in [4.78, 5) is 22.4. The fraction of sp³-hybridized carbons (Fsp3) is 0.577. The molecule has 2 atom stereocenters. The standard InChI is InChI=1S/C26H40FN5O3S/c1-18(2)26-32-17-29-16-31-22-9-8-21(27)15-23(22)35-20(4)11-14-34-19(3)7-10-24(36-26)25(33)30-13-6-5-12-28/h8-10,15,17-20,31H,5-7,11-14,16,28H2,1-4H3,(H,30,33). The number of unbranched alkanes of at least 4 members (excludes halogenated alkanes) is 1. The highest BCUT2D eigenvalue weighted by molar-refractivity contribution is 8.18. The number of hydrogen-bond donors (Lipinski definition) is 3. The highest BCUT2D eigenvalue weighted by Gasteiger charge is 2.17. The van der Waals surface area contributed by atoms with E-state index < -0.39 is 0 Å². The number of anilines is 1. The van der Waals surface area contributed by atoms with Gasteiger partial charge in [0.25, 0.3) is 5.91 Å². The van der Waals surface area contributed by atoms with Crippen molar-refractivity contribution in [3.05, 3.63) is 35.0 Å². The topological polar surface area (TPSA) is 110 Å². The molecular weight excluding hydrogens is 481 g/mol. The maximum Gasteiger partial charge on any atom is 0.257 e. The minimum atomic E-state index is -0.368. The molecule has 36 heavy (non-hydrogen) atoms. The highest BCUT2D eigenvalue weighted by atomic mass is 32.2. The van der Waals surface area contributed by atoms with E-state index in [-0.39, 0.29) is 36.5 Å². The molecule has 0 saturated heterocycles. The number of halogens is 1. The first-order valence-electron chi connectivity index (χ1n) is 12.5. The number of ether oxygens (including phenoxy) is 2. The fourth-order valence-electron chi connectivity index (χ4n) is 3.21. The molecule has 0 spiro atoms. The Bertz CT molecular complexity index is 923. The molecule has 1 aliphatic rings. The number of nitrogens with two attached hydrogens (primary N) is 1. The van der Waals surface area contributed by atoms with Gasteiger partial charge in [-0.05, 0) is 51.8 Å². The molecule has 8 nitrogen and oxygen atoms in total. The van der Waals surface area contributed by atoms with Crippen LogP contribution in [0.1, 0.15) is 53.4 Å². The van der Waals surface area contributed by atoms with Gasteiger partial charge >= 0.3 is 0 Å². The van der Waals surface area contributed by atoms with E-state index in [9.17, 15) is 9.18 Å². The van der Waals surface area contributed by atoms with Crippen molar-refractivity contribution < 1.29 is 18.7 Å². The van der Waals surface area contributed by atoms with Gasteiger partial charge in [-0.3, -0.25) is 9.79 Å². The van der Waals surface area contributed by atoms with Crippen molar-refractivity contribution >= 4 is 34.7 Å². The first-order valence-corrected chi connectivity index (χ1v) is 13.4. The normalized spacial score (nSPS) is 20.2. The number of aliphatic imine (C=N–C) groups is 2. The zero-order chi connectivity index (χ0) is 26.3. The van der Waals surface area contributed by atoms with Crippen molar-refractivity contribution in [1.29, 1.82) is 0 Å². The summed E-state index contributed by atoms with van der Waals surface area (Å²) in [5, 5.41) is 6.90. The zero-order valence-corrected chi connectivity index (χ0v) is 22.6. The zero-order valence-electron chi connectivity index (χ0n) is 21.8. The Morgan fingerprint density at radius 2 is 2.11 bits per heavy atom. The van der Waals surface area contributed by atoms with Crippen LogP contribution in [0.2, 0.25) is 0 Å². The number of benzene rings is 1. The van der Waals surface area contributed by atoms with Crippen LogP contribution in [0.5, 0.6) is 5.75 Å². The summed E-state index contributed by atoms with van der Waals surface area (Å²) in [5.41, 5.74) is 6.20. The molecule has 0 bridgehead atoms. The lowest BCUT2D eigenvalue weighted by atomic mass is 10.2. The second kappa shape index (κ2) is 16.3. The summed E-state index contributed by atoms with van der Waals surface area (Å²) in [6.07, 6.45) is 6.02. The van der Waals surface area contributed by atoms with E-state index in [1.54, 1.807) is 6.07 Å². The number of thioether (sulfide) groups is 1. The third kappa shape index (κ3) is 11.1. The number of carbonyl (C=O) groups excluding carboxylic acids is 1. The van der Waals surface area contributed by atoms with Crippen molar-refractivity contribution in [1.82, 2.24) is 5.32 Å². The largest absolute Gasteiger partial charge is 0.488 e. The molecule has 0 aliphatic carbocycles. The smallest absolute Gasteiger partial charge is 0.257 e. The lowest BCUT2D eigenvalue weighted by molar-refractivity contribution is -0.116. The molecule has 1 heterocycles. The summed E-state index contributed by atoms with van der Waals surface area (Å²) >= 11 is 1.35. The minimum Gasteiger partial charge on any atom is -0.488 e. The first kappa shape index (κ1) is 29.8. The molecule has 1 aromatic carbocycles. The molecule has 0 radical (unpaired) electrons. The van der Waals surface area contributed by atoms with Gasteiger partial charge < -0.3 is 25.8 Å². The number of nitrogens with zero attached hydrogens (tertiary/aromatic N) is 2. The van der Waals surface area contributed by atoms with Crippen molar-refractivity contribution in [2.75, 3.05) is 31.7 Å². The maximum atomic E-state index is 13.8. The van der Waals surface area contributed by atoms with E-state index in [1.165, 1.54) is 30.2 Å². The van der Waals surface area contributed by atoms with Crippen LogP contribution < -0.4 is 21.1 Å². The summed E-state index contributed by atoms with van der Waals surface area (Å²) in [6, 6.07) is 4.37. The third-order valence-electron chi connectivity index (χ3n) is 5.31. The van der Waals surface area contributed by atoms with Crippen LogP contribution in [0.25, 0.3) is 0 Å². The number of hydrogen-bond acceptors (Lipinski definition) is 8.